The van der Waals surface area contributed by atoms with Gasteiger partial charge in [0.2, 0.25) is 0 Å². The van der Waals surface area contributed by atoms with E-state index >= 15 is 0 Å². The van der Waals surface area contributed by atoms with E-state index in [0.29, 0.717) is 0 Å². The first-order chi connectivity index (χ1) is 9.58. The third-order valence-corrected chi connectivity index (χ3v) is 4.01. The van der Waals surface area contributed by atoms with Crippen molar-refractivity contribution in [3.05, 3.63) is 39.5 Å². The van der Waals surface area contributed by atoms with Crippen LogP contribution in [0, 0.1) is 13.8 Å². The minimum absolute atomic E-state index is 0.101. The standard InChI is InChI=1S/C15H22BrN3O/c1-5-7-17-14(12-8-10(3)20-11(12)4)15-13(16)9-18-19(15)6-2/h8-9,14,17H,5-7H2,1-4H3. The number of nitrogens with one attached hydrogen (secondary N) is 1. The molecule has 2 rings (SSSR count). The van der Waals surface area contributed by atoms with E-state index in [1.807, 2.05) is 24.7 Å². The van der Waals surface area contributed by atoms with Gasteiger partial charge in [-0.25, -0.2) is 0 Å². The lowest BCUT2D eigenvalue weighted by Gasteiger charge is -2.20. The minimum Gasteiger partial charge on any atom is -0.466 e. The molecule has 0 aromatic carbocycles. The third kappa shape index (κ3) is 2.99. The summed E-state index contributed by atoms with van der Waals surface area (Å²) in [6, 6.07) is 2.21. The van der Waals surface area contributed by atoms with Crippen LogP contribution in [0.15, 0.2) is 21.2 Å². The number of aryl methyl sites for hydroxylation is 3. The van der Waals surface area contributed by atoms with Crippen LogP contribution < -0.4 is 5.32 Å². The molecule has 0 saturated carbocycles. The van der Waals surface area contributed by atoms with Crippen LogP contribution in [0.1, 0.15) is 49.1 Å². The summed E-state index contributed by atoms with van der Waals surface area (Å²) in [5.41, 5.74) is 2.34. The van der Waals surface area contributed by atoms with Gasteiger partial charge in [0.1, 0.15) is 11.5 Å². The summed E-state index contributed by atoms with van der Waals surface area (Å²) in [5, 5.41) is 8.03. The van der Waals surface area contributed by atoms with Crippen LogP contribution in [0.5, 0.6) is 0 Å². The molecule has 0 saturated heterocycles. The van der Waals surface area contributed by atoms with Crippen molar-refractivity contribution in [1.82, 2.24) is 15.1 Å². The van der Waals surface area contributed by atoms with Gasteiger partial charge in [0, 0.05) is 12.1 Å². The Morgan fingerprint density at radius 1 is 1.40 bits per heavy atom. The van der Waals surface area contributed by atoms with Crippen LogP contribution in [0.4, 0.5) is 0 Å². The Kier molecular flexibility index (Phi) is 5.05. The summed E-state index contributed by atoms with van der Waals surface area (Å²) < 4.78 is 8.76. The molecule has 5 heteroatoms. The molecule has 0 amide bonds. The van der Waals surface area contributed by atoms with Crippen molar-refractivity contribution >= 4 is 15.9 Å². The molecule has 0 radical (unpaired) electrons. The molecule has 0 aliphatic heterocycles. The van der Waals surface area contributed by atoms with Crippen molar-refractivity contribution in [1.29, 1.82) is 0 Å². The summed E-state index contributed by atoms with van der Waals surface area (Å²) in [7, 11) is 0. The fraction of sp³-hybridized carbons (Fsp3) is 0.533. The van der Waals surface area contributed by atoms with E-state index < -0.39 is 0 Å². The molecule has 2 heterocycles. The van der Waals surface area contributed by atoms with Gasteiger partial charge < -0.3 is 9.73 Å². The first kappa shape index (κ1) is 15.3. The zero-order valence-electron chi connectivity index (χ0n) is 12.5. The van der Waals surface area contributed by atoms with E-state index in [9.17, 15) is 0 Å². The van der Waals surface area contributed by atoms with Crippen LogP contribution in [-0.2, 0) is 6.54 Å². The highest BCUT2D eigenvalue weighted by Gasteiger charge is 2.24. The molecule has 110 valence electrons. The molecular formula is C15H22BrN3O. The lowest BCUT2D eigenvalue weighted by Crippen LogP contribution is -2.26. The Morgan fingerprint density at radius 2 is 2.15 bits per heavy atom. The van der Waals surface area contributed by atoms with Gasteiger partial charge in [0.15, 0.2) is 0 Å². The average molecular weight is 340 g/mol. The lowest BCUT2D eigenvalue weighted by atomic mass is 10.0. The molecule has 1 unspecified atom stereocenters. The van der Waals surface area contributed by atoms with Crippen molar-refractivity contribution in [3.8, 4) is 0 Å². The molecule has 0 bridgehead atoms. The fourth-order valence-corrected chi connectivity index (χ4v) is 3.02. The molecule has 0 fully saturated rings. The zero-order valence-corrected chi connectivity index (χ0v) is 14.1. The molecule has 0 aliphatic carbocycles. The maximum atomic E-state index is 5.70. The quantitative estimate of drug-likeness (QED) is 0.865. The molecular weight excluding hydrogens is 318 g/mol. The number of hydrogen-bond acceptors (Lipinski definition) is 3. The van der Waals surface area contributed by atoms with Gasteiger partial charge in [-0.1, -0.05) is 6.92 Å². The summed E-state index contributed by atoms with van der Waals surface area (Å²) in [4.78, 5) is 0. The summed E-state index contributed by atoms with van der Waals surface area (Å²) >= 11 is 3.63. The Bertz CT molecular complexity index is 574. The van der Waals surface area contributed by atoms with Crippen molar-refractivity contribution in [2.45, 2.75) is 46.7 Å². The van der Waals surface area contributed by atoms with Crippen LogP contribution in [0.25, 0.3) is 0 Å². The van der Waals surface area contributed by atoms with Crippen molar-refractivity contribution in [2.75, 3.05) is 6.54 Å². The topological polar surface area (TPSA) is 43.0 Å². The maximum Gasteiger partial charge on any atom is 0.106 e. The average Bonchev–Trinajstić information content (AvgIpc) is 2.94. The van der Waals surface area contributed by atoms with Gasteiger partial charge in [-0.05, 0) is 55.7 Å². The molecule has 2 aromatic rings. The van der Waals surface area contributed by atoms with Crippen LogP contribution in [-0.4, -0.2) is 16.3 Å². The van der Waals surface area contributed by atoms with Gasteiger partial charge in [0.05, 0.1) is 22.4 Å². The minimum atomic E-state index is 0.101. The predicted octanol–water partition coefficient (Wildman–Crippen LogP) is 3.96. The second-order valence-electron chi connectivity index (χ2n) is 4.95. The molecule has 0 spiro atoms. The van der Waals surface area contributed by atoms with Crippen LogP contribution >= 0.6 is 15.9 Å². The molecule has 20 heavy (non-hydrogen) atoms. The molecule has 1 atom stereocenters. The highest BCUT2D eigenvalue weighted by atomic mass is 79.9. The van der Waals surface area contributed by atoms with Crippen LogP contribution in [0.3, 0.4) is 0 Å². The van der Waals surface area contributed by atoms with Crippen molar-refractivity contribution in [3.63, 3.8) is 0 Å². The van der Waals surface area contributed by atoms with E-state index in [-0.39, 0.29) is 6.04 Å². The maximum absolute atomic E-state index is 5.70. The van der Waals surface area contributed by atoms with E-state index in [2.05, 4.69) is 46.3 Å². The SMILES string of the molecule is CCCNC(c1cc(C)oc1C)c1c(Br)cnn1CC. The highest BCUT2D eigenvalue weighted by molar-refractivity contribution is 9.10. The van der Waals surface area contributed by atoms with Gasteiger partial charge in [0.25, 0.3) is 0 Å². The lowest BCUT2D eigenvalue weighted by molar-refractivity contribution is 0.485. The van der Waals surface area contributed by atoms with Crippen molar-refractivity contribution < 1.29 is 4.42 Å². The summed E-state index contributed by atoms with van der Waals surface area (Å²) in [5.74, 6) is 1.91. The number of nitrogens with zero attached hydrogens (tertiary/aromatic N) is 2. The Balaban J connectivity index is 2.46. The predicted molar refractivity (Wildman–Crippen MR) is 83.9 cm³/mol. The van der Waals surface area contributed by atoms with Gasteiger partial charge >= 0.3 is 0 Å². The Labute approximate surface area is 128 Å². The second kappa shape index (κ2) is 6.59. The Hall–Kier alpha value is -1.07. The Morgan fingerprint density at radius 3 is 2.70 bits per heavy atom. The number of halogens is 1. The van der Waals surface area contributed by atoms with E-state index in [1.165, 1.54) is 5.56 Å². The monoisotopic (exact) mass is 339 g/mol. The second-order valence-corrected chi connectivity index (χ2v) is 5.80. The van der Waals surface area contributed by atoms with E-state index in [1.54, 1.807) is 0 Å². The smallest absolute Gasteiger partial charge is 0.106 e. The van der Waals surface area contributed by atoms with E-state index in [4.69, 9.17) is 4.42 Å². The first-order valence-electron chi connectivity index (χ1n) is 7.10. The fourth-order valence-electron chi connectivity index (χ4n) is 2.49. The number of furan rings is 1. The highest BCUT2D eigenvalue weighted by Crippen LogP contribution is 2.32. The third-order valence-electron chi connectivity index (χ3n) is 3.40. The van der Waals surface area contributed by atoms with Gasteiger partial charge in [-0.2, -0.15) is 5.10 Å². The molecule has 4 nitrogen and oxygen atoms in total. The normalized spacial score (nSPS) is 12.8. The molecule has 0 aliphatic rings. The molecule has 2 aromatic heterocycles. The first-order valence-corrected chi connectivity index (χ1v) is 7.89. The summed E-state index contributed by atoms with van der Waals surface area (Å²) in [6.07, 6.45) is 2.95. The van der Waals surface area contributed by atoms with E-state index in [0.717, 1.165) is 41.2 Å². The number of hydrogen-bond donors (Lipinski definition) is 1. The van der Waals surface area contributed by atoms with Crippen molar-refractivity contribution in [2.24, 2.45) is 0 Å². The zero-order chi connectivity index (χ0) is 14.7. The van der Waals surface area contributed by atoms with Gasteiger partial charge in [-0.15, -0.1) is 0 Å². The number of aromatic nitrogens is 2. The largest absolute Gasteiger partial charge is 0.466 e. The van der Waals surface area contributed by atoms with Crippen LogP contribution in [0.2, 0.25) is 0 Å². The summed E-state index contributed by atoms with van der Waals surface area (Å²) in [6.45, 7) is 10.1. The number of rotatable bonds is 6. The van der Waals surface area contributed by atoms with Gasteiger partial charge in [-0.3, -0.25) is 4.68 Å². The molecule has 1 N–H and O–H groups in total.